The standard InChI is InChI=1S/C6H14.CH4O/c1-5-6(2,3)4;1-2/h5H2,1-4H3;2H,1H3. The number of hydrogen-bond acceptors (Lipinski definition) is 1. The largest absolute Gasteiger partial charge is 0.400 e. The predicted molar refractivity (Wildman–Crippen MR) is 37.9 cm³/mol. The van der Waals surface area contributed by atoms with Crippen molar-refractivity contribution < 1.29 is 5.11 Å². The van der Waals surface area contributed by atoms with Gasteiger partial charge in [-0.05, 0) is 5.41 Å². The van der Waals surface area contributed by atoms with Crippen molar-refractivity contribution >= 4 is 0 Å². The molecule has 0 spiro atoms. The zero-order valence-electron chi connectivity index (χ0n) is 6.65. The molecule has 1 heteroatoms. The van der Waals surface area contributed by atoms with Crippen molar-refractivity contribution in [1.82, 2.24) is 0 Å². The Bertz CT molecular complexity index is 34.1. The summed E-state index contributed by atoms with van der Waals surface area (Å²) < 4.78 is 0. The molecule has 0 aliphatic heterocycles. The molecule has 0 amide bonds. The van der Waals surface area contributed by atoms with Crippen LogP contribution in [-0.4, -0.2) is 12.2 Å². The van der Waals surface area contributed by atoms with Crippen LogP contribution in [0.15, 0.2) is 0 Å². The van der Waals surface area contributed by atoms with Crippen LogP contribution in [0.3, 0.4) is 0 Å². The molecular weight excluding hydrogens is 100 g/mol. The summed E-state index contributed by atoms with van der Waals surface area (Å²) in [5, 5.41) is 7.00. The van der Waals surface area contributed by atoms with E-state index in [2.05, 4.69) is 27.7 Å². The smallest absolute Gasteiger partial charge is 0.0319 e. The lowest BCUT2D eigenvalue weighted by Crippen LogP contribution is -2.00. The third kappa shape index (κ3) is 16.7. The van der Waals surface area contributed by atoms with Gasteiger partial charge in [-0.2, -0.15) is 0 Å². The Kier molecular flexibility index (Phi) is 6.93. The van der Waals surface area contributed by atoms with Crippen LogP contribution in [0.5, 0.6) is 0 Å². The van der Waals surface area contributed by atoms with Crippen molar-refractivity contribution in [3.8, 4) is 0 Å². The second-order valence-corrected chi connectivity index (χ2v) is 2.91. The lowest BCUT2D eigenvalue weighted by atomic mass is 9.94. The molecule has 0 aromatic rings. The third-order valence-electron chi connectivity index (χ3n) is 1.06. The average Bonchev–Trinajstić information content (AvgIpc) is 1.71. The first kappa shape index (κ1) is 10.9. The van der Waals surface area contributed by atoms with E-state index in [9.17, 15) is 0 Å². The summed E-state index contributed by atoms with van der Waals surface area (Å²) in [6.07, 6.45) is 1.27. The van der Waals surface area contributed by atoms with Gasteiger partial charge in [0.1, 0.15) is 0 Å². The highest BCUT2D eigenvalue weighted by atomic mass is 16.2. The van der Waals surface area contributed by atoms with E-state index in [-0.39, 0.29) is 0 Å². The van der Waals surface area contributed by atoms with Crippen LogP contribution in [0.1, 0.15) is 34.1 Å². The number of aliphatic hydroxyl groups is 1. The first-order valence-corrected chi connectivity index (χ1v) is 3.01. The lowest BCUT2D eigenvalue weighted by molar-refractivity contribution is 0.398. The fourth-order valence-corrected chi connectivity index (χ4v) is 0. The predicted octanol–water partition coefficient (Wildman–Crippen LogP) is 2.05. The van der Waals surface area contributed by atoms with Crippen LogP contribution in [0.2, 0.25) is 0 Å². The van der Waals surface area contributed by atoms with Crippen LogP contribution >= 0.6 is 0 Å². The van der Waals surface area contributed by atoms with Gasteiger partial charge in [-0.15, -0.1) is 0 Å². The minimum atomic E-state index is 0.542. The fourth-order valence-electron chi connectivity index (χ4n) is 0. The molecule has 0 fully saturated rings. The summed E-state index contributed by atoms with van der Waals surface area (Å²) in [7, 11) is 1.00. The van der Waals surface area contributed by atoms with Crippen LogP contribution in [0.4, 0.5) is 0 Å². The van der Waals surface area contributed by atoms with Crippen molar-refractivity contribution in [1.29, 1.82) is 0 Å². The Labute approximate surface area is 52.7 Å². The highest BCUT2D eigenvalue weighted by Gasteiger charge is 2.03. The van der Waals surface area contributed by atoms with Gasteiger partial charge in [0.25, 0.3) is 0 Å². The Balaban J connectivity index is 0. The van der Waals surface area contributed by atoms with Crippen LogP contribution in [-0.2, 0) is 0 Å². The zero-order chi connectivity index (χ0) is 7.21. The minimum absolute atomic E-state index is 0.542. The fraction of sp³-hybridized carbons (Fsp3) is 1.00. The Morgan fingerprint density at radius 3 is 1.25 bits per heavy atom. The van der Waals surface area contributed by atoms with E-state index < -0.39 is 0 Å². The Morgan fingerprint density at radius 2 is 1.25 bits per heavy atom. The minimum Gasteiger partial charge on any atom is -0.400 e. The molecule has 1 N–H and O–H groups in total. The van der Waals surface area contributed by atoms with E-state index in [4.69, 9.17) is 5.11 Å². The van der Waals surface area contributed by atoms with Gasteiger partial charge in [-0.1, -0.05) is 34.1 Å². The molecule has 0 rings (SSSR count). The van der Waals surface area contributed by atoms with Gasteiger partial charge in [0, 0.05) is 7.11 Å². The van der Waals surface area contributed by atoms with Crippen molar-refractivity contribution in [3.63, 3.8) is 0 Å². The van der Waals surface area contributed by atoms with Gasteiger partial charge < -0.3 is 5.11 Å². The second kappa shape index (κ2) is 5.10. The molecule has 52 valence electrons. The molecular formula is C7H18O. The molecule has 0 bridgehead atoms. The van der Waals surface area contributed by atoms with Gasteiger partial charge in [-0.3, -0.25) is 0 Å². The SMILES string of the molecule is CCC(C)(C)C.CO. The number of hydrogen-bond donors (Lipinski definition) is 1. The van der Waals surface area contributed by atoms with Crippen LogP contribution in [0, 0.1) is 5.41 Å². The van der Waals surface area contributed by atoms with Crippen LogP contribution < -0.4 is 0 Å². The maximum atomic E-state index is 7.00. The lowest BCUT2D eigenvalue weighted by Gasteiger charge is -2.12. The molecule has 0 unspecified atom stereocenters. The molecule has 1 nitrogen and oxygen atoms in total. The highest BCUT2D eigenvalue weighted by Crippen LogP contribution is 2.16. The topological polar surface area (TPSA) is 20.2 Å². The first-order chi connectivity index (χ1) is 3.56. The monoisotopic (exact) mass is 118 g/mol. The Morgan fingerprint density at radius 1 is 1.12 bits per heavy atom. The number of rotatable bonds is 0. The molecule has 0 atom stereocenters. The summed E-state index contributed by atoms with van der Waals surface area (Å²) in [5.41, 5.74) is 0.542. The van der Waals surface area contributed by atoms with E-state index in [1.54, 1.807) is 0 Å². The van der Waals surface area contributed by atoms with Gasteiger partial charge in [-0.25, -0.2) is 0 Å². The first-order valence-electron chi connectivity index (χ1n) is 3.01. The average molecular weight is 118 g/mol. The molecule has 0 aromatic carbocycles. The summed E-state index contributed by atoms with van der Waals surface area (Å²) in [6.45, 7) is 8.94. The normalized spacial score (nSPS) is 9.75. The van der Waals surface area contributed by atoms with Crippen LogP contribution in [0.25, 0.3) is 0 Å². The van der Waals surface area contributed by atoms with Crippen molar-refractivity contribution in [2.24, 2.45) is 5.41 Å². The number of aliphatic hydroxyl groups excluding tert-OH is 1. The summed E-state index contributed by atoms with van der Waals surface area (Å²) in [5.74, 6) is 0. The van der Waals surface area contributed by atoms with Crippen molar-refractivity contribution in [2.45, 2.75) is 34.1 Å². The van der Waals surface area contributed by atoms with Gasteiger partial charge in [0.2, 0.25) is 0 Å². The van der Waals surface area contributed by atoms with Crippen molar-refractivity contribution in [2.75, 3.05) is 7.11 Å². The molecule has 0 saturated heterocycles. The maximum absolute atomic E-state index is 7.00. The van der Waals surface area contributed by atoms with Gasteiger partial charge in [0.15, 0.2) is 0 Å². The highest BCUT2D eigenvalue weighted by molar-refractivity contribution is 4.55. The molecule has 0 saturated carbocycles. The zero-order valence-corrected chi connectivity index (χ0v) is 6.65. The van der Waals surface area contributed by atoms with E-state index in [1.165, 1.54) is 6.42 Å². The summed E-state index contributed by atoms with van der Waals surface area (Å²) in [6, 6.07) is 0. The van der Waals surface area contributed by atoms with E-state index >= 15 is 0 Å². The van der Waals surface area contributed by atoms with E-state index in [0.29, 0.717) is 5.41 Å². The van der Waals surface area contributed by atoms with Gasteiger partial charge >= 0.3 is 0 Å². The van der Waals surface area contributed by atoms with E-state index in [1.807, 2.05) is 0 Å². The molecule has 0 heterocycles. The quantitative estimate of drug-likeness (QED) is 0.516. The van der Waals surface area contributed by atoms with Gasteiger partial charge in [0.05, 0.1) is 0 Å². The maximum Gasteiger partial charge on any atom is 0.0319 e. The summed E-state index contributed by atoms with van der Waals surface area (Å²) >= 11 is 0. The Hall–Kier alpha value is -0.0400. The molecule has 0 aromatic heterocycles. The second-order valence-electron chi connectivity index (χ2n) is 2.91. The summed E-state index contributed by atoms with van der Waals surface area (Å²) in [4.78, 5) is 0. The molecule has 0 aliphatic rings. The van der Waals surface area contributed by atoms with E-state index in [0.717, 1.165) is 7.11 Å². The molecule has 0 aliphatic carbocycles. The molecule has 8 heavy (non-hydrogen) atoms. The van der Waals surface area contributed by atoms with Crippen molar-refractivity contribution in [3.05, 3.63) is 0 Å². The third-order valence-corrected chi connectivity index (χ3v) is 1.06. The molecule has 0 radical (unpaired) electrons.